The molecule has 0 bridgehead atoms. The van der Waals surface area contributed by atoms with Gasteiger partial charge in [-0.1, -0.05) is 75.8 Å². The van der Waals surface area contributed by atoms with E-state index in [4.69, 9.17) is 9.73 Å². The summed E-state index contributed by atoms with van der Waals surface area (Å²) in [5.74, 6) is 1.29. The number of rotatable bonds is 11. The number of aryl methyl sites for hydroxylation is 1. The second-order valence-electron chi connectivity index (χ2n) is 12.2. The summed E-state index contributed by atoms with van der Waals surface area (Å²) in [4.78, 5) is 23.2. The molecule has 0 amide bonds. The lowest BCUT2D eigenvalue weighted by Crippen LogP contribution is -2.55. The Labute approximate surface area is 226 Å². The molecule has 0 radical (unpaired) electrons. The normalized spacial score (nSPS) is 29.5. The minimum absolute atomic E-state index is 0.129. The first kappa shape index (κ1) is 28.1. The zero-order chi connectivity index (χ0) is 26.3. The van der Waals surface area contributed by atoms with Crippen LogP contribution >= 0.6 is 0 Å². The van der Waals surface area contributed by atoms with E-state index in [9.17, 15) is 4.79 Å². The van der Waals surface area contributed by atoms with Crippen LogP contribution in [0.3, 0.4) is 0 Å². The maximum Gasteiger partial charge on any atom is 0.335 e. The lowest BCUT2D eigenvalue weighted by Gasteiger charge is -2.43. The van der Waals surface area contributed by atoms with Gasteiger partial charge in [0.2, 0.25) is 0 Å². The number of hydrogen-bond donors (Lipinski definition) is 0. The minimum Gasteiger partial charge on any atom is -0.467 e. The molecule has 206 valence electrons. The van der Waals surface area contributed by atoms with Crippen LogP contribution in [0.4, 0.5) is 0 Å². The molecule has 1 aromatic carbocycles. The van der Waals surface area contributed by atoms with Crippen molar-refractivity contribution in [1.29, 1.82) is 0 Å². The summed E-state index contributed by atoms with van der Waals surface area (Å²) in [6.07, 6.45) is 18.7. The van der Waals surface area contributed by atoms with Crippen LogP contribution in [0, 0.1) is 11.8 Å². The van der Waals surface area contributed by atoms with Crippen LogP contribution in [-0.4, -0.2) is 67.0 Å². The van der Waals surface area contributed by atoms with E-state index < -0.39 is 5.54 Å². The fraction of sp³-hybridized carbons (Fsp3) is 0.750. The number of methoxy groups -OCH3 is 1. The van der Waals surface area contributed by atoms with Crippen molar-refractivity contribution in [3.8, 4) is 0 Å². The van der Waals surface area contributed by atoms with Gasteiger partial charge in [-0.3, -0.25) is 4.99 Å². The number of ether oxygens (including phenoxy) is 1. The first-order valence-electron chi connectivity index (χ1n) is 15.1. The van der Waals surface area contributed by atoms with Gasteiger partial charge in [0.25, 0.3) is 0 Å². The van der Waals surface area contributed by atoms with Gasteiger partial charge in [-0.15, -0.1) is 0 Å². The Bertz CT molecular complexity index is 858. The average Bonchev–Trinajstić information content (AvgIpc) is 3.29. The smallest absolute Gasteiger partial charge is 0.335 e. The first-order valence-corrected chi connectivity index (χ1v) is 15.1. The van der Waals surface area contributed by atoms with Crippen LogP contribution in [0.2, 0.25) is 0 Å². The largest absolute Gasteiger partial charge is 0.467 e. The highest BCUT2D eigenvalue weighted by molar-refractivity contribution is 5.86. The molecular weight excluding hydrogens is 458 g/mol. The van der Waals surface area contributed by atoms with Crippen molar-refractivity contribution < 1.29 is 9.53 Å². The molecule has 3 aliphatic rings. The third kappa shape index (κ3) is 6.58. The van der Waals surface area contributed by atoms with Gasteiger partial charge in [0.05, 0.1) is 19.5 Å². The monoisotopic (exact) mass is 509 g/mol. The molecule has 5 heteroatoms. The molecule has 2 saturated carbocycles. The highest BCUT2D eigenvalue weighted by Crippen LogP contribution is 2.43. The summed E-state index contributed by atoms with van der Waals surface area (Å²) in [6.45, 7) is 2.17. The quantitative estimate of drug-likeness (QED) is 0.319. The Kier molecular flexibility index (Phi) is 10.1. The minimum atomic E-state index is -0.723. The summed E-state index contributed by atoms with van der Waals surface area (Å²) in [7, 11) is 6.06. The number of aliphatic imine (C=N–C) groups is 1. The van der Waals surface area contributed by atoms with Gasteiger partial charge in [0, 0.05) is 12.1 Å². The summed E-state index contributed by atoms with van der Waals surface area (Å²) < 4.78 is 5.40. The standard InChI is InChI=1S/C32H51N3O2/c1-5-22-32(31(36)37-4)30(35(24-33-32)28-14-10-7-11-15-28)23-26-16-19-27(20-17-26)29(34(2)3)21-18-25-12-8-6-9-13-25/h6,8-9,12-13,24,26-30H,5,7,10-11,14-23H2,1-4H3. The molecule has 2 fully saturated rings. The van der Waals surface area contributed by atoms with E-state index in [0.29, 0.717) is 18.0 Å². The summed E-state index contributed by atoms with van der Waals surface area (Å²) in [6, 6.07) is 12.2. The lowest BCUT2D eigenvalue weighted by atomic mass is 9.72. The number of benzene rings is 1. The molecule has 4 rings (SSSR count). The molecular formula is C32H51N3O2. The van der Waals surface area contributed by atoms with E-state index in [2.05, 4.69) is 61.2 Å². The Morgan fingerprint density at radius 1 is 1.08 bits per heavy atom. The highest BCUT2D eigenvalue weighted by Gasteiger charge is 2.53. The van der Waals surface area contributed by atoms with Gasteiger partial charge < -0.3 is 14.5 Å². The average molecular weight is 510 g/mol. The van der Waals surface area contributed by atoms with Crippen molar-refractivity contribution in [2.24, 2.45) is 16.8 Å². The summed E-state index contributed by atoms with van der Waals surface area (Å²) >= 11 is 0. The predicted octanol–water partition coefficient (Wildman–Crippen LogP) is 6.50. The van der Waals surface area contributed by atoms with Gasteiger partial charge in [-0.2, -0.15) is 0 Å². The molecule has 0 spiro atoms. The van der Waals surface area contributed by atoms with Crippen molar-refractivity contribution in [2.45, 2.75) is 120 Å². The number of carbonyl (C=O) groups excluding carboxylic acids is 1. The molecule has 1 heterocycles. The zero-order valence-corrected chi connectivity index (χ0v) is 23.9. The van der Waals surface area contributed by atoms with E-state index in [1.807, 2.05) is 6.34 Å². The van der Waals surface area contributed by atoms with Crippen LogP contribution in [0.1, 0.15) is 96.0 Å². The third-order valence-corrected chi connectivity index (χ3v) is 9.73. The molecule has 0 aromatic heterocycles. The first-order chi connectivity index (χ1) is 18.0. The van der Waals surface area contributed by atoms with Crippen LogP contribution < -0.4 is 0 Å². The van der Waals surface area contributed by atoms with E-state index in [1.54, 1.807) is 0 Å². The Morgan fingerprint density at radius 2 is 1.78 bits per heavy atom. The fourth-order valence-corrected chi connectivity index (χ4v) is 7.71. The third-order valence-electron chi connectivity index (χ3n) is 9.73. The van der Waals surface area contributed by atoms with Crippen molar-refractivity contribution in [2.75, 3.05) is 21.2 Å². The molecule has 3 unspecified atom stereocenters. The second kappa shape index (κ2) is 13.3. The molecule has 37 heavy (non-hydrogen) atoms. The van der Waals surface area contributed by atoms with Crippen LogP contribution in [0.15, 0.2) is 35.3 Å². The van der Waals surface area contributed by atoms with Crippen LogP contribution in [-0.2, 0) is 16.0 Å². The SMILES string of the molecule is CCCC1(C(=O)OC)N=CN(C2CCCCC2)C1CC1CCC(C(CCc2ccccc2)N(C)C)CC1. The molecule has 5 nitrogen and oxygen atoms in total. The van der Waals surface area contributed by atoms with Crippen LogP contribution in [0.25, 0.3) is 0 Å². The number of carbonyl (C=O) groups is 1. The van der Waals surface area contributed by atoms with Gasteiger partial charge in [0.15, 0.2) is 5.54 Å². The van der Waals surface area contributed by atoms with E-state index in [1.165, 1.54) is 76.9 Å². The Morgan fingerprint density at radius 3 is 2.41 bits per heavy atom. The van der Waals surface area contributed by atoms with Crippen LogP contribution in [0.5, 0.6) is 0 Å². The van der Waals surface area contributed by atoms with Gasteiger partial charge in [-0.25, -0.2) is 4.79 Å². The second-order valence-corrected chi connectivity index (χ2v) is 12.2. The molecule has 3 atom stereocenters. The molecule has 2 aliphatic carbocycles. The summed E-state index contributed by atoms with van der Waals surface area (Å²) in [5.41, 5.74) is 0.724. The van der Waals surface area contributed by atoms with Gasteiger partial charge in [0.1, 0.15) is 0 Å². The van der Waals surface area contributed by atoms with Crippen molar-refractivity contribution in [3.63, 3.8) is 0 Å². The Balaban J connectivity index is 1.42. The predicted molar refractivity (Wildman–Crippen MR) is 153 cm³/mol. The lowest BCUT2D eigenvalue weighted by molar-refractivity contribution is -0.149. The van der Waals surface area contributed by atoms with Gasteiger partial charge >= 0.3 is 5.97 Å². The van der Waals surface area contributed by atoms with Crippen molar-refractivity contribution >= 4 is 12.3 Å². The van der Waals surface area contributed by atoms with Gasteiger partial charge in [-0.05, 0) is 82.9 Å². The molecule has 1 aliphatic heterocycles. The van der Waals surface area contributed by atoms with E-state index in [-0.39, 0.29) is 12.0 Å². The maximum atomic E-state index is 13.2. The fourth-order valence-electron chi connectivity index (χ4n) is 7.71. The molecule has 1 aromatic rings. The zero-order valence-electron chi connectivity index (χ0n) is 23.9. The molecule has 0 N–H and O–H groups in total. The topological polar surface area (TPSA) is 45.1 Å². The summed E-state index contributed by atoms with van der Waals surface area (Å²) in [5, 5.41) is 0. The Hall–Kier alpha value is -1.88. The van der Waals surface area contributed by atoms with Crippen molar-refractivity contribution in [3.05, 3.63) is 35.9 Å². The number of esters is 1. The number of nitrogens with zero attached hydrogens (tertiary/aromatic N) is 3. The molecule has 0 saturated heterocycles. The number of hydrogen-bond acceptors (Lipinski definition) is 5. The van der Waals surface area contributed by atoms with E-state index in [0.717, 1.165) is 31.6 Å². The highest BCUT2D eigenvalue weighted by atomic mass is 16.5. The van der Waals surface area contributed by atoms with E-state index >= 15 is 0 Å². The maximum absolute atomic E-state index is 13.2. The van der Waals surface area contributed by atoms with Crippen molar-refractivity contribution in [1.82, 2.24) is 9.80 Å².